The molecule has 3 aliphatic rings. The molecule has 0 saturated carbocycles. The number of aryl methyl sites for hydroxylation is 2. The average Bonchev–Trinajstić information content (AvgIpc) is 3.90. The third kappa shape index (κ3) is 12.4. The van der Waals surface area contributed by atoms with Crippen molar-refractivity contribution in [2.45, 2.75) is 76.0 Å². The second-order valence-corrected chi connectivity index (χ2v) is 22.4. The van der Waals surface area contributed by atoms with Gasteiger partial charge < -0.3 is 42.0 Å². The minimum absolute atomic E-state index is 0.162. The number of ether oxygens (including phenoxy) is 6. The van der Waals surface area contributed by atoms with Gasteiger partial charge in [0.15, 0.2) is 34.5 Å². The van der Waals surface area contributed by atoms with Crippen LogP contribution in [0.15, 0.2) is 58.3 Å². The Bertz CT molecular complexity index is 2330. The van der Waals surface area contributed by atoms with Crippen LogP contribution >= 0.6 is 34.0 Å². The zero-order valence-electron chi connectivity index (χ0n) is 36.8. The molecule has 340 valence electrons. The number of rotatable bonds is 8. The van der Waals surface area contributed by atoms with E-state index in [0.717, 1.165) is 92.2 Å². The third-order valence-electron chi connectivity index (χ3n) is 9.64. The SMILES string of the molecule is CCC(C)c1ccc(S(=O)(=O)[O-])cc1.CCC(C)c1ccc(S(=O)(=O)[O-])cc1.C[N+](C)(C)C.Cc1sc(-c2sc(-c3sc(C)c4c3OCCO4)c3c2OCCO3)c2c1OCCO2. The molecule has 6 heterocycles. The van der Waals surface area contributed by atoms with Crippen LogP contribution < -0.4 is 28.4 Å². The maximum Gasteiger partial charge on any atom is 0.181 e. The molecule has 0 fully saturated rings. The molecule has 3 aromatic heterocycles. The summed E-state index contributed by atoms with van der Waals surface area (Å²) in [6.45, 7) is 15.7. The van der Waals surface area contributed by atoms with E-state index in [-0.39, 0.29) is 9.79 Å². The Hall–Kier alpha value is -3.88. The third-order valence-corrected chi connectivity index (χ3v) is 15.0. The largest absolute Gasteiger partial charge is 0.744 e. The van der Waals surface area contributed by atoms with Crippen molar-refractivity contribution in [2.75, 3.05) is 67.8 Å². The zero-order chi connectivity index (χ0) is 45.6. The molecule has 0 aliphatic carbocycles. The number of quaternary nitrogens is 1. The van der Waals surface area contributed by atoms with Gasteiger partial charge in [0.1, 0.15) is 59.9 Å². The molecule has 0 N–H and O–H groups in total. The van der Waals surface area contributed by atoms with Crippen molar-refractivity contribution >= 4 is 54.2 Å². The highest BCUT2D eigenvalue weighted by molar-refractivity contribution is 7.86. The lowest BCUT2D eigenvalue weighted by molar-refractivity contribution is -0.849. The predicted octanol–water partition coefficient (Wildman–Crippen LogP) is 9.67. The van der Waals surface area contributed by atoms with Crippen molar-refractivity contribution in [1.29, 1.82) is 0 Å². The van der Waals surface area contributed by atoms with Crippen molar-refractivity contribution in [3.63, 3.8) is 0 Å². The number of hydrogen-bond donors (Lipinski definition) is 0. The fourth-order valence-electron chi connectivity index (χ4n) is 6.13. The monoisotopic (exact) mass is 950 g/mol. The molecule has 2 atom stereocenters. The number of hydrogen-bond acceptors (Lipinski definition) is 15. The standard InChI is InChI=1S/C20H18O6S3.2C10H14O3S.C4H12N/c1-9-11-13(23-5-3-21-11)17(27-9)19-15-16(26-8-7-25-15)20(29-19)18-14-12(10(2)28-18)22-4-6-24-14;2*1-3-8(2)9-4-6-10(7-5-9)14(11,12)13;1-5(2,3)4/h3-8H2,1-2H3;2*4-8H,3H2,1-2H3,(H,11,12,13);1-4H3/q;;;+1/p-2. The molecule has 0 radical (unpaired) electrons. The summed E-state index contributed by atoms with van der Waals surface area (Å²) >= 11 is 5.00. The van der Waals surface area contributed by atoms with Gasteiger partial charge in [-0.15, -0.1) is 34.0 Å². The molecule has 18 heteroatoms. The van der Waals surface area contributed by atoms with Gasteiger partial charge in [0, 0.05) is 9.75 Å². The van der Waals surface area contributed by atoms with E-state index in [9.17, 15) is 25.9 Å². The maximum atomic E-state index is 10.6. The lowest BCUT2D eigenvalue weighted by atomic mass is 9.99. The van der Waals surface area contributed by atoms with Gasteiger partial charge in [0.25, 0.3) is 0 Å². The van der Waals surface area contributed by atoms with Gasteiger partial charge in [0.2, 0.25) is 0 Å². The molecular weight excluding hydrogens is 895 g/mol. The second kappa shape index (κ2) is 20.7. The van der Waals surface area contributed by atoms with Crippen LogP contribution in [0.25, 0.3) is 19.5 Å². The highest BCUT2D eigenvalue weighted by Crippen LogP contribution is 2.62. The van der Waals surface area contributed by atoms with Crippen molar-refractivity contribution in [3.05, 3.63) is 69.4 Å². The molecular formula is C44H56NO12S5-. The van der Waals surface area contributed by atoms with Crippen molar-refractivity contribution in [3.8, 4) is 54.0 Å². The van der Waals surface area contributed by atoms with Crippen LogP contribution in [0.3, 0.4) is 0 Å². The smallest absolute Gasteiger partial charge is 0.181 e. The summed E-state index contributed by atoms with van der Waals surface area (Å²) in [4.78, 5) is 6.00. The quantitative estimate of drug-likeness (QED) is 0.107. The summed E-state index contributed by atoms with van der Waals surface area (Å²) in [5, 5.41) is 0. The second-order valence-electron chi connectivity index (χ2n) is 16.1. The number of fused-ring (bicyclic) bond motifs is 3. The van der Waals surface area contributed by atoms with E-state index < -0.39 is 20.2 Å². The summed E-state index contributed by atoms with van der Waals surface area (Å²) in [6.07, 6.45) is 1.98. The van der Waals surface area contributed by atoms with E-state index >= 15 is 0 Å². The van der Waals surface area contributed by atoms with E-state index in [1.54, 1.807) is 58.3 Å². The number of thiophene rings is 3. The lowest BCUT2D eigenvalue weighted by Gasteiger charge is -2.19. The van der Waals surface area contributed by atoms with Crippen LogP contribution in [0.1, 0.15) is 73.3 Å². The van der Waals surface area contributed by atoms with Crippen LogP contribution in [-0.4, -0.2) is 98.3 Å². The van der Waals surface area contributed by atoms with E-state index in [0.29, 0.717) is 51.5 Å². The Balaban J connectivity index is 0.000000185. The predicted molar refractivity (Wildman–Crippen MR) is 244 cm³/mol. The van der Waals surface area contributed by atoms with Crippen LogP contribution in [0.2, 0.25) is 0 Å². The van der Waals surface area contributed by atoms with E-state index in [2.05, 4.69) is 69.7 Å². The van der Waals surface area contributed by atoms with Crippen molar-refractivity contribution in [2.24, 2.45) is 0 Å². The van der Waals surface area contributed by atoms with E-state index in [1.165, 1.54) is 24.3 Å². The molecule has 0 spiro atoms. The summed E-state index contributed by atoms with van der Waals surface area (Å²) in [5.41, 5.74) is 2.11. The van der Waals surface area contributed by atoms with E-state index in [1.807, 2.05) is 0 Å². The van der Waals surface area contributed by atoms with Gasteiger partial charge in [-0.3, -0.25) is 0 Å². The first-order chi connectivity index (χ1) is 29.1. The fraction of sp³-hybridized carbons (Fsp3) is 0.455. The number of nitrogens with zero attached hydrogens (tertiary/aromatic N) is 1. The first kappa shape index (κ1) is 49.1. The normalized spacial score (nSPS) is 15.1. The maximum absolute atomic E-state index is 10.6. The summed E-state index contributed by atoms with van der Waals surface area (Å²) < 4.78 is 101. The van der Waals surface area contributed by atoms with Gasteiger partial charge in [-0.05, 0) is 73.9 Å². The Morgan fingerprint density at radius 2 is 0.742 bits per heavy atom. The highest BCUT2D eigenvalue weighted by Gasteiger charge is 2.35. The van der Waals surface area contributed by atoms with Gasteiger partial charge >= 0.3 is 0 Å². The van der Waals surface area contributed by atoms with Crippen molar-refractivity contribution < 1.29 is 58.8 Å². The molecule has 2 aromatic carbocycles. The first-order valence-electron chi connectivity index (χ1n) is 20.2. The Kier molecular flexibility index (Phi) is 16.4. The van der Waals surface area contributed by atoms with Gasteiger partial charge in [-0.25, -0.2) is 16.8 Å². The first-order valence-corrected chi connectivity index (χ1v) is 25.5. The fourth-order valence-corrected chi connectivity index (χ4v) is 10.6. The van der Waals surface area contributed by atoms with Gasteiger partial charge in [-0.2, -0.15) is 0 Å². The molecule has 62 heavy (non-hydrogen) atoms. The Morgan fingerprint density at radius 3 is 1.00 bits per heavy atom. The molecule has 13 nitrogen and oxygen atoms in total. The summed E-state index contributed by atoms with van der Waals surface area (Å²) in [7, 11) is -0.104. The van der Waals surface area contributed by atoms with Crippen molar-refractivity contribution in [1.82, 2.24) is 0 Å². The van der Waals surface area contributed by atoms with Crippen LogP contribution in [-0.2, 0) is 20.2 Å². The van der Waals surface area contributed by atoms with Gasteiger partial charge in [-0.1, -0.05) is 52.0 Å². The lowest BCUT2D eigenvalue weighted by Crippen LogP contribution is -2.27. The Morgan fingerprint density at radius 1 is 0.500 bits per heavy atom. The molecule has 0 saturated heterocycles. The topological polar surface area (TPSA) is 170 Å². The highest BCUT2D eigenvalue weighted by atomic mass is 32.2. The summed E-state index contributed by atoms with van der Waals surface area (Å²) in [6, 6.07) is 12.2. The van der Waals surface area contributed by atoms with Gasteiger partial charge in [0.05, 0.1) is 57.5 Å². The van der Waals surface area contributed by atoms with Crippen LogP contribution in [0, 0.1) is 13.8 Å². The molecule has 3 aliphatic heterocycles. The minimum atomic E-state index is -4.30. The summed E-state index contributed by atoms with van der Waals surface area (Å²) in [5.74, 6) is 5.66. The van der Waals surface area contributed by atoms with E-state index in [4.69, 9.17) is 28.4 Å². The van der Waals surface area contributed by atoms with Crippen LogP contribution in [0.4, 0.5) is 0 Å². The molecule has 0 amide bonds. The average molecular weight is 951 g/mol. The molecule has 0 bridgehead atoms. The Labute approximate surface area is 378 Å². The molecule has 5 aromatic rings. The molecule has 8 rings (SSSR count). The molecule has 2 unspecified atom stereocenters. The van der Waals surface area contributed by atoms with Crippen LogP contribution in [0.5, 0.6) is 34.5 Å². The number of benzene rings is 2. The minimum Gasteiger partial charge on any atom is -0.744 e. The zero-order valence-corrected chi connectivity index (χ0v) is 40.9.